The molecule has 1 aliphatic rings. The van der Waals surface area contributed by atoms with Gasteiger partial charge in [-0.25, -0.2) is 0 Å². The highest BCUT2D eigenvalue weighted by Gasteiger charge is 2.22. The Morgan fingerprint density at radius 3 is 2.73 bits per heavy atom. The number of aliphatic hydroxyl groups excluding tert-OH is 1. The predicted molar refractivity (Wildman–Crippen MR) is 96.1 cm³/mol. The largest absolute Gasteiger partial charge is 0.491 e. The second-order valence-electron chi connectivity index (χ2n) is 6.46. The number of rotatable bonds is 6. The molecule has 0 atom stereocenters. The summed E-state index contributed by atoms with van der Waals surface area (Å²) in [5.41, 5.74) is 1.59. The van der Waals surface area contributed by atoms with Crippen molar-refractivity contribution in [2.24, 2.45) is 0 Å². The molecule has 2 aromatic rings. The Labute approximate surface area is 153 Å². The van der Waals surface area contributed by atoms with E-state index in [1.165, 1.54) is 5.56 Å². The lowest BCUT2D eigenvalue weighted by Gasteiger charge is -2.21. The standard InChI is InChI=1S/C19H25N3O4/c1-15-13-18(20-26-15)19(24)22-8-2-7-21(9-10-22)14-16-3-5-17(6-4-16)25-12-11-23/h3-6,13,23H,2,7-12,14H2,1H3. The monoisotopic (exact) mass is 359 g/mol. The van der Waals surface area contributed by atoms with Crippen molar-refractivity contribution in [1.29, 1.82) is 0 Å². The van der Waals surface area contributed by atoms with Crippen LogP contribution < -0.4 is 4.74 Å². The first-order valence-electron chi connectivity index (χ1n) is 8.93. The Balaban J connectivity index is 1.52. The van der Waals surface area contributed by atoms with Crippen LogP contribution in [0, 0.1) is 6.92 Å². The van der Waals surface area contributed by atoms with E-state index < -0.39 is 0 Å². The maximum absolute atomic E-state index is 12.5. The van der Waals surface area contributed by atoms with E-state index in [-0.39, 0.29) is 12.5 Å². The van der Waals surface area contributed by atoms with Gasteiger partial charge in [0.1, 0.15) is 18.1 Å². The van der Waals surface area contributed by atoms with Crippen molar-refractivity contribution in [3.63, 3.8) is 0 Å². The molecule has 0 spiro atoms. The van der Waals surface area contributed by atoms with Crippen LogP contribution in [0.4, 0.5) is 0 Å². The zero-order chi connectivity index (χ0) is 18.4. The lowest BCUT2D eigenvalue weighted by atomic mass is 10.2. The summed E-state index contributed by atoms with van der Waals surface area (Å²) < 4.78 is 10.4. The Morgan fingerprint density at radius 2 is 2.04 bits per heavy atom. The first kappa shape index (κ1) is 18.4. The summed E-state index contributed by atoms with van der Waals surface area (Å²) in [5.74, 6) is 1.35. The summed E-state index contributed by atoms with van der Waals surface area (Å²) in [7, 11) is 0. The molecule has 0 aliphatic carbocycles. The van der Waals surface area contributed by atoms with Crippen molar-refractivity contribution in [1.82, 2.24) is 15.0 Å². The van der Waals surface area contributed by atoms with Gasteiger partial charge in [0.2, 0.25) is 0 Å². The average molecular weight is 359 g/mol. The normalized spacial score (nSPS) is 15.7. The zero-order valence-corrected chi connectivity index (χ0v) is 15.1. The molecule has 1 saturated heterocycles. The maximum atomic E-state index is 12.5. The first-order chi connectivity index (χ1) is 12.7. The van der Waals surface area contributed by atoms with E-state index in [4.69, 9.17) is 14.4 Å². The van der Waals surface area contributed by atoms with Crippen molar-refractivity contribution < 1.29 is 19.2 Å². The van der Waals surface area contributed by atoms with E-state index in [9.17, 15) is 4.79 Å². The van der Waals surface area contributed by atoms with Crippen LogP contribution >= 0.6 is 0 Å². The van der Waals surface area contributed by atoms with Crippen molar-refractivity contribution in [3.8, 4) is 5.75 Å². The Morgan fingerprint density at radius 1 is 1.23 bits per heavy atom. The lowest BCUT2D eigenvalue weighted by Crippen LogP contribution is -2.35. The minimum Gasteiger partial charge on any atom is -0.491 e. The number of ether oxygens (including phenoxy) is 1. The van der Waals surface area contributed by atoms with Gasteiger partial charge < -0.3 is 19.3 Å². The third kappa shape index (κ3) is 4.83. The average Bonchev–Trinajstić information content (AvgIpc) is 2.95. The molecule has 2 heterocycles. The summed E-state index contributed by atoms with van der Waals surface area (Å²) in [4.78, 5) is 16.7. The van der Waals surface area contributed by atoms with Crippen molar-refractivity contribution >= 4 is 5.91 Å². The van der Waals surface area contributed by atoms with E-state index in [0.29, 0.717) is 24.6 Å². The number of aliphatic hydroxyl groups is 1. The summed E-state index contributed by atoms with van der Waals surface area (Å²) in [6.07, 6.45) is 0.931. The van der Waals surface area contributed by atoms with Gasteiger partial charge in [0.25, 0.3) is 5.91 Å². The summed E-state index contributed by atoms with van der Waals surface area (Å²) in [6, 6.07) is 9.61. The molecule has 1 amide bonds. The third-order valence-corrected chi connectivity index (χ3v) is 4.41. The number of hydrogen-bond acceptors (Lipinski definition) is 6. The Kier molecular flexibility index (Phi) is 6.25. The van der Waals surface area contributed by atoms with Gasteiger partial charge in [-0.1, -0.05) is 17.3 Å². The van der Waals surface area contributed by atoms with Gasteiger partial charge in [-0.05, 0) is 31.0 Å². The molecule has 1 aliphatic heterocycles. The van der Waals surface area contributed by atoms with E-state index in [1.54, 1.807) is 13.0 Å². The molecule has 1 fully saturated rings. The molecule has 7 nitrogen and oxygen atoms in total. The molecule has 26 heavy (non-hydrogen) atoms. The first-order valence-corrected chi connectivity index (χ1v) is 8.93. The predicted octanol–water partition coefficient (Wildman–Crippen LogP) is 1.70. The van der Waals surface area contributed by atoms with Gasteiger partial charge in [0, 0.05) is 38.8 Å². The van der Waals surface area contributed by atoms with Crippen LogP contribution in [0.2, 0.25) is 0 Å². The molecule has 7 heteroatoms. The molecule has 3 rings (SSSR count). The van der Waals surface area contributed by atoms with Crippen LogP contribution in [-0.4, -0.2) is 65.4 Å². The van der Waals surface area contributed by atoms with Crippen molar-refractivity contribution in [2.45, 2.75) is 19.9 Å². The fourth-order valence-corrected chi connectivity index (χ4v) is 3.07. The zero-order valence-electron chi connectivity index (χ0n) is 15.1. The summed E-state index contributed by atoms with van der Waals surface area (Å²) in [6.45, 7) is 6.13. The SMILES string of the molecule is Cc1cc(C(=O)N2CCCN(Cc3ccc(OCCO)cc3)CC2)no1. The van der Waals surface area contributed by atoms with Gasteiger partial charge in [-0.2, -0.15) is 0 Å². The number of carbonyl (C=O) groups is 1. The number of amides is 1. The van der Waals surface area contributed by atoms with Gasteiger partial charge in [-0.15, -0.1) is 0 Å². The third-order valence-electron chi connectivity index (χ3n) is 4.41. The van der Waals surface area contributed by atoms with Crippen LogP contribution in [0.5, 0.6) is 5.75 Å². The molecular weight excluding hydrogens is 334 g/mol. The second kappa shape index (κ2) is 8.82. The highest BCUT2D eigenvalue weighted by Crippen LogP contribution is 2.15. The second-order valence-corrected chi connectivity index (χ2v) is 6.46. The minimum absolute atomic E-state index is 0.0126. The van der Waals surface area contributed by atoms with Crippen molar-refractivity contribution in [2.75, 3.05) is 39.4 Å². The van der Waals surface area contributed by atoms with Gasteiger partial charge in [-0.3, -0.25) is 9.69 Å². The molecule has 0 bridgehead atoms. The quantitative estimate of drug-likeness (QED) is 0.846. The Hall–Kier alpha value is -2.38. The van der Waals surface area contributed by atoms with Gasteiger partial charge in [0.05, 0.1) is 6.61 Å². The molecule has 140 valence electrons. The lowest BCUT2D eigenvalue weighted by molar-refractivity contribution is 0.0750. The molecule has 0 radical (unpaired) electrons. The van der Waals surface area contributed by atoms with Crippen LogP contribution in [0.3, 0.4) is 0 Å². The molecule has 1 N–H and O–H groups in total. The smallest absolute Gasteiger partial charge is 0.276 e. The number of nitrogens with zero attached hydrogens (tertiary/aromatic N) is 3. The van der Waals surface area contributed by atoms with Crippen LogP contribution in [-0.2, 0) is 6.54 Å². The minimum atomic E-state index is -0.0610. The van der Waals surface area contributed by atoms with Crippen LogP contribution in [0.25, 0.3) is 0 Å². The summed E-state index contributed by atoms with van der Waals surface area (Å²) >= 11 is 0. The number of hydrogen-bond donors (Lipinski definition) is 1. The van der Waals surface area contributed by atoms with Crippen molar-refractivity contribution in [3.05, 3.63) is 47.3 Å². The molecular formula is C19H25N3O4. The highest BCUT2D eigenvalue weighted by atomic mass is 16.5. The fraction of sp³-hybridized carbons (Fsp3) is 0.474. The number of carbonyl (C=O) groups excluding carboxylic acids is 1. The molecule has 1 aromatic carbocycles. The van der Waals surface area contributed by atoms with E-state index >= 15 is 0 Å². The Bertz CT molecular complexity index is 714. The van der Waals surface area contributed by atoms with Crippen LogP contribution in [0.1, 0.15) is 28.2 Å². The van der Waals surface area contributed by atoms with E-state index in [1.807, 2.05) is 29.2 Å². The molecule has 0 saturated carbocycles. The number of benzene rings is 1. The fourth-order valence-electron chi connectivity index (χ4n) is 3.07. The number of aryl methyl sites for hydroxylation is 1. The molecule has 0 unspecified atom stereocenters. The topological polar surface area (TPSA) is 79.0 Å². The number of aromatic nitrogens is 1. The van der Waals surface area contributed by atoms with Gasteiger partial charge >= 0.3 is 0 Å². The van der Waals surface area contributed by atoms with Gasteiger partial charge in [0.15, 0.2) is 5.69 Å². The summed E-state index contributed by atoms with van der Waals surface area (Å²) in [5, 5.41) is 12.6. The maximum Gasteiger partial charge on any atom is 0.276 e. The van der Waals surface area contributed by atoms with E-state index in [2.05, 4.69) is 10.1 Å². The van der Waals surface area contributed by atoms with E-state index in [0.717, 1.165) is 38.3 Å². The molecule has 1 aromatic heterocycles. The van der Waals surface area contributed by atoms with Crippen LogP contribution in [0.15, 0.2) is 34.9 Å². The highest BCUT2D eigenvalue weighted by molar-refractivity contribution is 5.92.